The quantitative estimate of drug-likeness (QED) is 0.908. The summed E-state index contributed by atoms with van der Waals surface area (Å²) in [6.07, 6.45) is 0. The molecule has 0 aliphatic rings. The highest BCUT2D eigenvalue weighted by molar-refractivity contribution is 6.33. The van der Waals surface area contributed by atoms with Crippen LogP contribution in [-0.4, -0.2) is 9.78 Å². The molecule has 102 valence electrons. The van der Waals surface area contributed by atoms with Crippen LogP contribution in [0.15, 0.2) is 12.1 Å². The Morgan fingerprint density at radius 3 is 2.68 bits per heavy atom. The first-order valence-corrected chi connectivity index (χ1v) is 6.06. The molecule has 0 bridgehead atoms. The third kappa shape index (κ3) is 2.49. The monoisotopic (exact) mass is 286 g/mol. The molecular weight excluding hydrogens is 274 g/mol. The Morgan fingerprint density at radius 2 is 2.11 bits per heavy atom. The second-order valence-corrected chi connectivity index (χ2v) is 4.44. The Balaban J connectivity index is 2.47. The summed E-state index contributed by atoms with van der Waals surface area (Å²) in [5.74, 6) is -1.08. The largest absolute Gasteiger partial charge is 0.394 e. The van der Waals surface area contributed by atoms with Crippen LogP contribution in [0.25, 0.3) is 0 Å². The molecule has 0 aliphatic carbocycles. The first-order chi connectivity index (χ1) is 8.93. The minimum atomic E-state index is -0.786. The number of aryl methyl sites for hydroxylation is 2. The van der Waals surface area contributed by atoms with Crippen molar-refractivity contribution in [1.82, 2.24) is 9.78 Å². The third-order valence-corrected chi connectivity index (χ3v) is 3.02. The standard InChI is InChI=1S/C12H13ClF2N4/c1-3-19-12(10(16)6(2)18-19)17-11-8(13)4-7(14)5-9(11)15/h4-5,17H,3,16H2,1-2H3. The molecule has 1 aromatic heterocycles. The maximum absolute atomic E-state index is 13.7. The van der Waals surface area contributed by atoms with Crippen molar-refractivity contribution in [3.63, 3.8) is 0 Å². The van der Waals surface area contributed by atoms with E-state index >= 15 is 0 Å². The van der Waals surface area contributed by atoms with E-state index in [4.69, 9.17) is 17.3 Å². The number of rotatable bonds is 3. The SMILES string of the molecule is CCn1nc(C)c(N)c1Nc1c(F)cc(F)cc1Cl. The number of hydrogen-bond acceptors (Lipinski definition) is 3. The maximum Gasteiger partial charge on any atom is 0.152 e. The number of nitrogens with zero attached hydrogens (tertiary/aromatic N) is 2. The lowest BCUT2D eigenvalue weighted by molar-refractivity contribution is 0.585. The summed E-state index contributed by atoms with van der Waals surface area (Å²) in [4.78, 5) is 0. The van der Waals surface area contributed by atoms with Gasteiger partial charge in [0.1, 0.15) is 5.82 Å². The summed E-state index contributed by atoms with van der Waals surface area (Å²) in [5.41, 5.74) is 6.88. The van der Waals surface area contributed by atoms with E-state index in [1.54, 1.807) is 11.6 Å². The van der Waals surface area contributed by atoms with Crippen molar-refractivity contribution in [2.24, 2.45) is 0 Å². The molecule has 19 heavy (non-hydrogen) atoms. The molecule has 2 aromatic rings. The predicted octanol–water partition coefficient (Wildman–Crippen LogP) is 3.47. The van der Waals surface area contributed by atoms with Crippen LogP contribution >= 0.6 is 11.6 Å². The first-order valence-electron chi connectivity index (χ1n) is 5.68. The molecule has 0 radical (unpaired) electrons. The van der Waals surface area contributed by atoms with Crippen molar-refractivity contribution in [1.29, 1.82) is 0 Å². The number of nitrogen functional groups attached to an aromatic ring is 1. The molecule has 7 heteroatoms. The normalized spacial score (nSPS) is 10.8. The van der Waals surface area contributed by atoms with E-state index in [1.165, 1.54) is 0 Å². The average molecular weight is 287 g/mol. The van der Waals surface area contributed by atoms with E-state index in [2.05, 4.69) is 10.4 Å². The van der Waals surface area contributed by atoms with Gasteiger partial charge < -0.3 is 11.1 Å². The second-order valence-electron chi connectivity index (χ2n) is 4.03. The van der Waals surface area contributed by atoms with Crippen molar-refractivity contribution >= 4 is 28.8 Å². The smallest absolute Gasteiger partial charge is 0.152 e. The maximum atomic E-state index is 13.7. The van der Waals surface area contributed by atoms with Crippen molar-refractivity contribution in [2.75, 3.05) is 11.1 Å². The molecule has 0 unspecified atom stereocenters. The highest BCUT2D eigenvalue weighted by Crippen LogP contribution is 2.32. The van der Waals surface area contributed by atoms with E-state index < -0.39 is 11.6 Å². The Kier molecular flexibility index (Phi) is 3.61. The zero-order valence-electron chi connectivity index (χ0n) is 10.5. The number of benzene rings is 1. The van der Waals surface area contributed by atoms with Gasteiger partial charge in [0.05, 0.1) is 22.1 Å². The van der Waals surface area contributed by atoms with Gasteiger partial charge in [-0.2, -0.15) is 5.10 Å². The van der Waals surface area contributed by atoms with Crippen molar-refractivity contribution in [3.8, 4) is 0 Å². The van der Waals surface area contributed by atoms with Gasteiger partial charge in [-0.3, -0.25) is 0 Å². The molecule has 0 fully saturated rings. The summed E-state index contributed by atoms with van der Waals surface area (Å²) in [6.45, 7) is 4.18. The molecule has 0 saturated heterocycles. The summed E-state index contributed by atoms with van der Waals surface area (Å²) < 4.78 is 28.3. The molecule has 4 nitrogen and oxygen atoms in total. The van der Waals surface area contributed by atoms with Gasteiger partial charge in [0.15, 0.2) is 11.6 Å². The number of aromatic nitrogens is 2. The minimum Gasteiger partial charge on any atom is -0.394 e. The number of halogens is 3. The average Bonchev–Trinajstić information content (AvgIpc) is 2.60. The van der Waals surface area contributed by atoms with Gasteiger partial charge in [-0.25, -0.2) is 13.5 Å². The highest BCUT2D eigenvalue weighted by Gasteiger charge is 2.16. The summed E-state index contributed by atoms with van der Waals surface area (Å²) in [5, 5.41) is 6.91. The molecule has 0 saturated carbocycles. The van der Waals surface area contributed by atoms with Crippen LogP contribution < -0.4 is 11.1 Å². The van der Waals surface area contributed by atoms with E-state index in [1.807, 2.05) is 6.92 Å². The van der Waals surface area contributed by atoms with Crippen LogP contribution in [0.1, 0.15) is 12.6 Å². The fourth-order valence-corrected chi connectivity index (χ4v) is 1.98. The first kappa shape index (κ1) is 13.6. The van der Waals surface area contributed by atoms with Crippen LogP contribution in [0.2, 0.25) is 5.02 Å². The molecule has 0 spiro atoms. The Bertz CT molecular complexity index is 601. The summed E-state index contributed by atoms with van der Waals surface area (Å²) in [7, 11) is 0. The van der Waals surface area contributed by atoms with Crippen molar-refractivity contribution in [2.45, 2.75) is 20.4 Å². The number of nitrogens with two attached hydrogens (primary N) is 1. The van der Waals surface area contributed by atoms with E-state index in [0.717, 1.165) is 12.1 Å². The van der Waals surface area contributed by atoms with Crippen LogP contribution in [0.3, 0.4) is 0 Å². The lowest BCUT2D eigenvalue weighted by Gasteiger charge is -2.11. The fourth-order valence-electron chi connectivity index (χ4n) is 1.74. The Hall–Kier alpha value is -1.82. The molecule has 1 heterocycles. The van der Waals surface area contributed by atoms with Gasteiger partial charge in [0.25, 0.3) is 0 Å². The zero-order chi connectivity index (χ0) is 14.2. The lowest BCUT2D eigenvalue weighted by Crippen LogP contribution is -2.06. The van der Waals surface area contributed by atoms with Gasteiger partial charge >= 0.3 is 0 Å². The highest BCUT2D eigenvalue weighted by atomic mass is 35.5. The topological polar surface area (TPSA) is 55.9 Å². The van der Waals surface area contributed by atoms with E-state index in [-0.39, 0.29) is 10.7 Å². The molecule has 0 atom stereocenters. The van der Waals surface area contributed by atoms with E-state index in [9.17, 15) is 8.78 Å². The number of hydrogen-bond donors (Lipinski definition) is 2. The molecule has 2 rings (SSSR count). The number of anilines is 3. The molecule has 0 amide bonds. The van der Waals surface area contributed by atoms with Crippen LogP contribution in [-0.2, 0) is 6.54 Å². The fraction of sp³-hybridized carbons (Fsp3) is 0.250. The Labute approximate surface area is 114 Å². The third-order valence-electron chi connectivity index (χ3n) is 2.72. The molecule has 3 N–H and O–H groups in total. The van der Waals surface area contributed by atoms with Crippen LogP contribution in [0, 0.1) is 18.6 Å². The van der Waals surface area contributed by atoms with Gasteiger partial charge in [0, 0.05) is 12.6 Å². The van der Waals surface area contributed by atoms with Crippen molar-refractivity contribution < 1.29 is 8.78 Å². The molecule has 1 aromatic carbocycles. The lowest BCUT2D eigenvalue weighted by atomic mass is 10.3. The zero-order valence-corrected chi connectivity index (χ0v) is 11.2. The van der Waals surface area contributed by atoms with E-state index in [0.29, 0.717) is 23.7 Å². The van der Waals surface area contributed by atoms with Gasteiger partial charge in [0.2, 0.25) is 0 Å². The summed E-state index contributed by atoms with van der Waals surface area (Å²) in [6, 6.07) is 1.78. The molecule has 0 aliphatic heterocycles. The van der Waals surface area contributed by atoms with Gasteiger partial charge in [-0.05, 0) is 19.9 Å². The predicted molar refractivity (Wildman–Crippen MR) is 71.7 cm³/mol. The second kappa shape index (κ2) is 5.05. The number of nitrogens with one attached hydrogen (secondary N) is 1. The van der Waals surface area contributed by atoms with Crippen molar-refractivity contribution in [3.05, 3.63) is 34.5 Å². The van der Waals surface area contributed by atoms with Gasteiger partial charge in [-0.1, -0.05) is 11.6 Å². The van der Waals surface area contributed by atoms with Crippen LogP contribution in [0.4, 0.5) is 26.0 Å². The van der Waals surface area contributed by atoms with Gasteiger partial charge in [-0.15, -0.1) is 0 Å². The van der Waals surface area contributed by atoms with Crippen LogP contribution in [0.5, 0.6) is 0 Å². The summed E-state index contributed by atoms with van der Waals surface area (Å²) >= 11 is 5.83. The Morgan fingerprint density at radius 1 is 1.42 bits per heavy atom. The minimum absolute atomic E-state index is 0.0237. The molecular formula is C12H13ClF2N4.